The molecule has 20 heavy (non-hydrogen) atoms. The third kappa shape index (κ3) is 4.85. The molecule has 0 spiro atoms. The largest absolute Gasteiger partial charge is 0.462 e. The zero-order valence-electron chi connectivity index (χ0n) is 12.2. The minimum absolute atomic E-state index is 0.123. The summed E-state index contributed by atoms with van der Waals surface area (Å²) in [5.41, 5.74) is 0.141. The smallest absolute Gasteiger partial charge is 0.339 e. The van der Waals surface area contributed by atoms with E-state index in [2.05, 4.69) is 0 Å². The van der Waals surface area contributed by atoms with E-state index in [1.54, 1.807) is 6.92 Å². The Morgan fingerprint density at radius 3 is 2.25 bits per heavy atom. The van der Waals surface area contributed by atoms with Crippen LogP contribution in [0.3, 0.4) is 0 Å². The van der Waals surface area contributed by atoms with Gasteiger partial charge in [-0.1, -0.05) is 32.4 Å². The van der Waals surface area contributed by atoms with Crippen molar-refractivity contribution in [2.24, 2.45) is 5.41 Å². The van der Waals surface area contributed by atoms with Gasteiger partial charge in [-0.05, 0) is 30.5 Å². The zero-order chi connectivity index (χ0) is 15.3. The third-order valence-electron chi connectivity index (χ3n) is 2.33. The van der Waals surface area contributed by atoms with Crippen molar-refractivity contribution in [1.29, 1.82) is 0 Å². The summed E-state index contributed by atoms with van der Waals surface area (Å²) < 4.78 is 10.1. The summed E-state index contributed by atoms with van der Waals surface area (Å²) in [6, 6.07) is 4.42. The molecule has 0 radical (unpaired) electrons. The van der Waals surface area contributed by atoms with Crippen LogP contribution in [0.15, 0.2) is 18.2 Å². The Morgan fingerprint density at radius 2 is 1.70 bits per heavy atom. The lowest BCUT2D eigenvalue weighted by Gasteiger charge is -2.18. The lowest BCUT2D eigenvalue weighted by atomic mass is 9.98. The molecular weight excluding hydrogens is 280 g/mol. The second-order valence-electron chi connectivity index (χ2n) is 5.55. The van der Waals surface area contributed by atoms with Gasteiger partial charge in [0.05, 0.1) is 24.3 Å². The van der Waals surface area contributed by atoms with Gasteiger partial charge in [0.25, 0.3) is 0 Å². The van der Waals surface area contributed by atoms with Crippen LogP contribution < -0.4 is 0 Å². The van der Waals surface area contributed by atoms with E-state index < -0.39 is 11.9 Å². The van der Waals surface area contributed by atoms with Gasteiger partial charge in [-0.3, -0.25) is 0 Å². The van der Waals surface area contributed by atoms with Crippen LogP contribution in [-0.4, -0.2) is 25.2 Å². The highest BCUT2D eigenvalue weighted by Crippen LogP contribution is 2.20. The van der Waals surface area contributed by atoms with E-state index in [-0.39, 0.29) is 29.8 Å². The second-order valence-corrected chi connectivity index (χ2v) is 5.98. The van der Waals surface area contributed by atoms with Crippen molar-refractivity contribution in [2.45, 2.75) is 27.7 Å². The van der Waals surface area contributed by atoms with Gasteiger partial charge in [0.1, 0.15) is 0 Å². The summed E-state index contributed by atoms with van der Waals surface area (Å²) in [7, 11) is 0. The summed E-state index contributed by atoms with van der Waals surface area (Å²) >= 11 is 5.86. The molecule has 1 aromatic carbocycles. The number of ether oxygens (including phenoxy) is 2. The first kappa shape index (κ1) is 16.5. The highest BCUT2D eigenvalue weighted by Gasteiger charge is 2.21. The molecule has 0 aliphatic rings. The Labute approximate surface area is 124 Å². The highest BCUT2D eigenvalue weighted by molar-refractivity contribution is 6.31. The summed E-state index contributed by atoms with van der Waals surface area (Å²) in [5.74, 6) is -1.14. The fraction of sp³-hybridized carbons (Fsp3) is 0.467. The first-order valence-corrected chi connectivity index (χ1v) is 6.76. The van der Waals surface area contributed by atoms with Crippen molar-refractivity contribution < 1.29 is 19.1 Å². The van der Waals surface area contributed by atoms with E-state index in [1.807, 2.05) is 20.8 Å². The van der Waals surface area contributed by atoms with Crippen LogP contribution in [0.1, 0.15) is 48.4 Å². The van der Waals surface area contributed by atoms with Gasteiger partial charge in [0.2, 0.25) is 0 Å². The van der Waals surface area contributed by atoms with Gasteiger partial charge < -0.3 is 9.47 Å². The molecule has 0 aliphatic carbocycles. The quantitative estimate of drug-likeness (QED) is 0.795. The van der Waals surface area contributed by atoms with Gasteiger partial charge in [-0.2, -0.15) is 0 Å². The van der Waals surface area contributed by atoms with Crippen molar-refractivity contribution in [3.63, 3.8) is 0 Å². The van der Waals surface area contributed by atoms with Crippen LogP contribution in [0.4, 0.5) is 0 Å². The highest BCUT2D eigenvalue weighted by atomic mass is 35.5. The molecule has 0 atom stereocenters. The summed E-state index contributed by atoms with van der Waals surface area (Å²) in [5, 5.41) is 0.362. The first-order chi connectivity index (χ1) is 9.24. The lowest BCUT2D eigenvalue weighted by Crippen LogP contribution is -2.20. The first-order valence-electron chi connectivity index (χ1n) is 6.38. The summed E-state index contributed by atoms with van der Waals surface area (Å²) in [4.78, 5) is 23.9. The van der Waals surface area contributed by atoms with Crippen LogP contribution in [0.5, 0.6) is 0 Å². The molecule has 0 amide bonds. The maximum absolute atomic E-state index is 12.1. The van der Waals surface area contributed by atoms with E-state index in [0.29, 0.717) is 5.02 Å². The Kier molecular flexibility index (Phi) is 5.57. The fourth-order valence-corrected chi connectivity index (χ4v) is 1.60. The number of esters is 2. The molecule has 0 aliphatic heterocycles. The van der Waals surface area contributed by atoms with E-state index in [1.165, 1.54) is 18.2 Å². The molecule has 0 unspecified atom stereocenters. The molecule has 1 aromatic rings. The normalized spacial score (nSPS) is 11.1. The topological polar surface area (TPSA) is 52.6 Å². The molecule has 0 bridgehead atoms. The number of hydrogen-bond donors (Lipinski definition) is 0. The van der Waals surface area contributed by atoms with Crippen molar-refractivity contribution in [2.75, 3.05) is 13.2 Å². The van der Waals surface area contributed by atoms with Gasteiger partial charge in [-0.15, -0.1) is 0 Å². The minimum Gasteiger partial charge on any atom is -0.462 e. The second kappa shape index (κ2) is 6.75. The van der Waals surface area contributed by atoms with E-state index >= 15 is 0 Å². The van der Waals surface area contributed by atoms with E-state index in [0.717, 1.165) is 0 Å². The van der Waals surface area contributed by atoms with Crippen LogP contribution >= 0.6 is 11.6 Å². The molecule has 4 nitrogen and oxygen atoms in total. The van der Waals surface area contributed by atoms with E-state index in [4.69, 9.17) is 21.1 Å². The van der Waals surface area contributed by atoms with Gasteiger partial charge in [0, 0.05) is 5.02 Å². The van der Waals surface area contributed by atoms with E-state index in [9.17, 15) is 9.59 Å². The van der Waals surface area contributed by atoms with Crippen molar-refractivity contribution in [3.05, 3.63) is 34.3 Å². The molecule has 1 rings (SSSR count). The third-order valence-corrected chi connectivity index (χ3v) is 2.57. The molecule has 110 valence electrons. The molecule has 0 saturated carbocycles. The zero-order valence-corrected chi connectivity index (χ0v) is 12.9. The molecule has 0 N–H and O–H groups in total. The van der Waals surface area contributed by atoms with Crippen molar-refractivity contribution in [3.8, 4) is 0 Å². The van der Waals surface area contributed by atoms with Gasteiger partial charge >= 0.3 is 11.9 Å². The molecule has 0 fully saturated rings. The van der Waals surface area contributed by atoms with Gasteiger partial charge in [-0.25, -0.2) is 9.59 Å². The molecular formula is C15H19ClO4. The monoisotopic (exact) mass is 298 g/mol. The van der Waals surface area contributed by atoms with Crippen LogP contribution in [-0.2, 0) is 9.47 Å². The van der Waals surface area contributed by atoms with Crippen molar-refractivity contribution >= 4 is 23.5 Å². The fourth-order valence-electron chi connectivity index (χ4n) is 1.43. The number of carbonyl (C=O) groups excluding carboxylic acids is 2. The predicted molar refractivity (Wildman–Crippen MR) is 77.1 cm³/mol. The maximum Gasteiger partial charge on any atom is 0.339 e. The van der Waals surface area contributed by atoms with Gasteiger partial charge in [0.15, 0.2) is 0 Å². The number of benzene rings is 1. The summed E-state index contributed by atoms with van der Waals surface area (Å²) in [6.07, 6.45) is 0. The number of hydrogen-bond acceptors (Lipinski definition) is 4. The minimum atomic E-state index is -0.585. The molecule has 5 heteroatoms. The Bertz CT molecular complexity index is 503. The molecule has 0 aromatic heterocycles. The number of carbonyl (C=O) groups is 2. The molecule has 0 heterocycles. The molecule has 0 saturated heterocycles. The summed E-state index contributed by atoms with van der Waals surface area (Å²) in [6.45, 7) is 8.04. The number of halogens is 1. The maximum atomic E-state index is 12.1. The number of rotatable bonds is 4. The average molecular weight is 299 g/mol. The Hall–Kier alpha value is -1.55. The standard InChI is InChI=1S/C15H19ClO4/c1-5-19-14(18)12-8-10(16)6-7-11(12)13(17)20-9-15(2,3)4/h6-8H,5,9H2,1-4H3. The Balaban J connectivity index is 2.99. The van der Waals surface area contributed by atoms with Crippen molar-refractivity contribution in [1.82, 2.24) is 0 Å². The lowest BCUT2D eigenvalue weighted by molar-refractivity contribution is 0.0355. The average Bonchev–Trinajstić information content (AvgIpc) is 2.35. The predicted octanol–water partition coefficient (Wildman–Crippen LogP) is 3.72. The Morgan fingerprint density at radius 1 is 1.10 bits per heavy atom. The van der Waals surface area contributed by atoms with Crippen LogP contribution in [0, 0.1) is 5.41 Å². The van der Waals surface area contributed by atoms with Crippen LogP contribution in [0.25, 0.3) is 0 Å². The van der Waals surface area contributed by atoms with Crippen LogP contribution in [0.2, 0.25) is 5.02 Å². The SMILES string of the molecule is CCOC(=O)c1cc(Cl)ccc1C(=O)OCC(C)(C)C.